The molecule has 18 heteroatoms. The van der Waals surface area contributed by atoms with E-state index in [1.54, 1.807) is 0 Å². The van der Waals surface area contributed by atoms with Gasteiger partial charge < -0.3 is 61.3 Å². The van der Waals surface area contributed by atoms with Crippen LogP contribution in [0, 0.1) is 61.3 Å². The van der Waals surface area contributed by atoms with Crippen molar-refractivity contribution >= 4 is 0 Å². The number of hydrogen-bond donors (Lipinski definition) is 0. The standard InChI is InChI=1S/Co.4NO3.Ni/c;4*2-1(3)4;/q+2;4*-1;+2. The predicted octanol–water partition coefficient (Wildman–Crippen LogP) is -0.961. The fourth-order valence-corrected chi connectivity index (χ4v) is 0. The molecule has 0 aliphatic heterocycles. The van der Waals surface area contributed by atoms with E-state index in [1.807, 2.05) is 0 Å². The molecule has 0 fully saturated rings. The first-order valence-electron chi connectivity index (χ1n) is 2.19. The molecule has 0 rings (SSSR count). The molecule has 0 saturated carbocycles. The molecule has 0 aromatic carbocycles. The Hall–Kier alpha value is -2.20. The van der Waals surface area contributed by atoms with Gasteiger partial charge in [-0.15, -0.1) is 0 Å². The number of hydrogen-bond acceptors (Lipinski definition) is 12. The average molecular weight is 366 g/mol. The van der Waals surface area contributed by atoms with Crippen LogP contribution in [0.5, 0.6) is 0 Å². The van der Waals surface area contributed by atoms with Crippen LogP contribution in [-0.2, 0) is 33.3 Å². The van der Waals surface area contributed by atoms with Crippen LogP contribution in [-0.4, -0.2) is 20.3 Å². The summed E-state index contributed by atoms with van der Waals surface area (Å²) in [7, 11) is 0. The van der Waals surface area contributed by atoms with Crippen LogP contribution in [0.2, 0.25) is 0 Å². The molecule has 0 N–H and O–H groups in total. The first kappa shape index (κ1) is 36.0. The normalized spacial score (nSPS) is 5.33. The second kappa shape index (κ2) is 29.3. The Morgan fingerprint density at radius 3 is 0.444 bits per heavy atom. The van der Waals surface area contributed by atoms with Crippen LogP contribution >= 0.6 is 0 Å². The van der Waals surface area contributed by atoms with Crippen molar-refractivity contribution in [3.63, 3.8) is 0 Å². The Morgan fingerprint density at radius 2 is 0.444 bits per heavy atom. The molecule has 1 radical (unpaired) electrons. The smallest absolute Gasteiger partial charge is 0.356 e. The van der Waals surface area contributed by atoms with E-state index in [0.717, 1.165) is 0 Å². The summed E-state index contributed by atoms with van der Waals surface area (Å²) in [4.78, 5) is 33.0. The number of rotatable bonds is 0. The van der Waals surface area contributed by atoms with Crippen LogP contribution in [0.1, 0.15) is 0 Å². The van der Waals surface area contributed by atoms with Crippen LogP contribution in [0.3, 0.4) is 0 Å². The Balaban J connectivity index is -0.0000000257. The van der Waals surface area contributed by atoms with Crippen LogP contribution < -0.4 is 0 Å². The molecule has 0 saturated heterocycles. The summed E-state index contributed by atoms with van der Waals surface area (Å²) < 4.78 is 0. The van der Waals surface area contributed by atoms with Crippen molar-refractivity contribution in [3.05, 3.63) is 61.3 Å². The summed E-state index contributed by atoms with van der Waals surface area (Å²) in [5, 5.41) is 59.0. The van der Waals surface area contributed by atoms with Crippen molar-refractivity contribution in [2.75, 3.05) is 0 Å². The molecule has 0 aromatic rings. The maximum absolute atomic E-state index is 8.25. The van der Waals surface area contributed by atoms with Crippen LogP contribution in [0.15, 0.2) is 0 Å². The van der Waals surface area contributed by atoms with E-state index >= 15 is 0 Å². The Labute approximate surface area is 115 Å². The van der Waals surface area contributed by atoms with Gasteiger partial charge in [0.15, 0.2) is 0 Å². The van der Waals surface area contributed by atoms with Crippen molar-refractivity contribution in [1.82, 2.24) is 0 Å². The molecular weight excluding hydrogens is 366 g/mol. The SMILES string of the molecule is O=[N+]([O-])[O-].O=[N+]([O-])[O-].O=[N+]([O-])[O-].O=[N+]([O-])[O-].[Co+2].[Ni+2]. The first-order chi connectivity index (χ1) is 6.93. The Kier molecular flexibility index (Phi) is 58.8. The van der Waals surface area contributed by atoms with Gasteiger partial charge in [-0.3, -0.25) is 0 Å². The molecule has 0 aliphatic carbocycles. The molecule has 0 aliphatic rings. The molecule has 111 valence electrons. The van der Waals surface area contributed by atoms with Crippen molar-refractivity contribution in [1.29, 1.82) is 0 Å². The summed E-state index contributed by atoms with van der Waals surface area (Å²) in [6.45, 7) is 0. The zero-order chi connectivity index (χ0) is 14.3. The topological polar surface area (TPSA) is 265 Å². The molecule has 0 bridgehead atoms. The molecule has 16 nitrogen and oxygen atoms in total. The van der Waals surface area contributed by atoms with E-state index in [2.05, 4.69) is 0 Å². The van der Waals surface area contributed by atoms with Gasteiger partial charge in [-0.05, 0) is 0 Å². The summed E-state index contributed by atoms with van der Waals surface area (Å²) in [5.41, 5.74) is 0. The summed E-state index contributed by atoms with van der Waals surface area (Å²) in [6.07, 6.45) is 0. The first-order valence-corrected chi connectivity index (χ1v) is 2.19. The quantitative estimate of drug-likeness (QED) is 0.285. The molecule has 0 amide bonds. The van der Waals surface area contributed by atoms with Gasteiger partial charge in [0.25, 0.3) is 0 Å². The van der Waals surface area contributed by atoms with E-state index in [0.29, 0.717) is 0 Å². The van der Waals surface area contributed by atoms with Gasteiger partial charge in [0, 0.05) is 0 Å². The third-order valence-corrected chi connectivity index (χ3v) is 0. The minimum atomic E-state index is -1.75. The maximum atomic E-state index is 8.25. The summed E-state index contributed by atoms with van der Waals surface area (Å²) >= 11 is 0. The van der Waals surface area contributed by atoms with Gasteiger partial charge in [0.1, 0.15) is 0 Å². The van der Waals surface area contributed by atoms with Crippen molar-refractivity contribution in [3.8, 4) is 0 Å². The minimum absolute atomic E-state index is 0. The third-order valence-electron chi connectivity index (χ3n) is 0. The zero-order valence-corrected chi connectivity index (χ0v) is 9.37. The monoisotopic (exact) mass is 365 g/mol. The number of nitrogens with zero attached hydrogens (tertiary/aromatic N) is 4. The molecule has 0 atom stereocenters. The van der Waals surface area contributed by atoms with E-state index in [9.17, 15) is 0 Å². The van der Waals surface area contributed by atoms with Crippen LogP contribution in [0.4, 0.5) is 0 Å². The predicted molar refractivity (Wildman–Crippen MR) is 41.4 cm³/mol. The fraction of sp³-hybridized carbons (Fsp3) is 0. The van der Waals surface area contributed by atoms with Gasteiger partial charge in [0.05, 0.1) is 20.3 Å². The van der Waals surface area contributed by atoms with Gasteiger partial charge in [-0.2, -0.15) is 0 Å². The van der Waals surface area contributed by atoms with Crippen molar-refractivity contribution < 1.29 is 53.6 Å². The van der Waals surface area contributed by atoms with E-state index in [-0.39, 0.29) is 33.3 Å². The average Bonchev–Trinajstić information content (AvgIpc) is 1.76. The van der Waals surface area contributed by atoms with Crippen molar-refractivity contribution in [2.24, 2.45) is 0 Å². The van der Waals surface area contributed by atoms with Crippen LogP contribution in [0.25, 0.3) is 0 Å². The van der Waals surface area contributed by atoms with E-state index in [1.165, 1.54) is 0 Å². The Bertz CT molecular complexity index is 164. The minimum Gasteiger partial charge on any atom is -0.356 e. The fourth-order valence-electron chi connectivity index (χ4n) is 0. The summed E-state index contributed by atoms with van der Waals surface area (Å²) in [6, 6.07) is 0. The van der Waals surface area contributed by atoms with Crippen molar-refractivity contribution in [2.45, 2.75) is 0 Å². The second-order valence-electron chi connectivity index (χ2n) is 0.894. The molecular formula is CoN4NiO12. The maximum Gasteiger partial charge on any atom is 2.00 e. The third kappa shape index (κ3) is 467. The second-order valence-corrected chi connectivity index (χ2v) is 0.894. The van der Waals surface area contributed by atoms with E-state index < -0.39 is 20.3 Å². The zero-order valence-electron chi connectivity index (χ0n) is 7.34. The molecule has 0 unspecified atom stereocenters. The van der Waals surface area contributed by atoms with Gasteiger partial charge >= 0.3 is 33.3 Å². The molecule has 0 aromatic heterocycles. The Morgan fingerprint density at radius 1 is 0.444 bits per heavy atom. The largest absolute Gasteiger partial charge is 2.00 e. The molecule has 18 heavy (non-hydrogen) atoms. The van der Waals surface area contributed by atoms with Gasteiger partial charge in [-0.25, -0.2) is 0 Å². The summed E-state index contributed by atoms with van der Waals surface area (Å²) in [5.74, 6) is 0. The molecule has 0 spiro atoms. The van der Waals surface area contributed by atoms with Gasteiger partial charge in [0.2, 0.25) is 0 Å². The van der Waals surface area contributed by atoms with Gasteiger partial charge in [-0.1, -0.05) is 0 Å². The van der Waals surface area contributed by atoms with E-state index in [4.69, 9.17) is 61.3 Å². The molecule has 0 heterocycles.